The van der Waals surface area contributed by atoms with Gasteiger partial charge in [0.15, 0.2) is 0 Å². The number of benzene rings is 1. The summed E-state index contributed by atoms with van der Waals surface area (Å²) in [6, 6.07) is 8.79. The van der Waals surface area contributed by atoms with Crippen molar-refractivity contribution in [2.75, 3.05) is 50.7 Å². The zero-order chi connectivity index (χ0) is 18.4. The van der Waals surface area contributed by atoms with Gasteiger partial charge in [0.05, 0.1) is 5.52 Å². The Hall–Kier alpha value is -1.65. The van der Waals surface area contributed by atoms with E-state index in [2.05, 4.69) is 65.1 Å². The molecular weight excluding hydrogens is 320 g/mol. The van der Waals surface area contributed by atoms with Crippen LogP contribution in [-0.4, -0.2) is 55.7 Å². The monoisotopic (exact) mass is 354 g/mol. The Morgan fingerprint density at radius 2 is 1.92 bits per heavy atom. The van der Waals surface area contributed by atoms with Crippen LogP contribution in [0.5, 0.6) is 0 Å². The molecule has 0 spiro atoms. The molecule has 2 heterocycles. The van der Waals surface area contributed by atoms with Gasteiger partial charge >= 0.3 is 0 Å². The maximum absolute atomic E-state index is 4.55. The summed E-state index contributed by atoms with van der Waals surface area (Å²) in [7, 11) is 0. The van der Waals surface area contributed by atoms with Crippen LogP contribution in [0.2, 0.25) is 0 Å². The fraction of sp³-hybridized carbons (Fsp3) is 0.591. The number of anilines is 1. The number of nitrogens with one attached hydrogen (secondary N) is 1. The number of piperidine rings is 1. The first-order chi connectivity index (χ1) is 12.7. The van der Waals surface area contributed by atoms with Crippen LogP contribution in [0.4, 0.5) is 5.69 Å². The molecule has 1 aromatic carbocycles. The van der Waals surface area contributed by atoms with E-state index in [1.54, 1.807) is 0 Å². The molecule has 26 heavy (non-hydrogen) atoms. The molecule has 1 aliphatic heterocycles. The van der Waals surface area contributed by atoms with Gasteiger partial charge in [-0.1, -0.05) is 26.0 Å². The third-order valence-corrected chi connectivity index (χ3v) is 5.76. The van der Waals surface area contributed by atoms with E-state index in [0.29, 0.717) is 0 Å². The zero-order valence-corrected chi connectivity index (χ0v) is 16.7. The Morgan fingerprint density at radius 3 is 2.65 bits per heavy atom. The van der Waals surface area contributed by atoms with Gasteiger partial charge in [0, 0.05) is 43.4 Å². The molecule has 2 aromatic rings. The Morgan fingerprint density at radius 1 is 1.15 bits per heavy atom. The second-order valence-electron chi connectivity index (χ2n) is 7.51. The van der Waals surface area contributed by atoms with E-state index in [1.165, 1.54) is 29.5 Å². The second kappa shape index (κ2) is 9.33. The van der Waals surface area contributed by atoms with E-state index in [0.717, 1.165) is 57.2 Å². The van der Waals surface area contributed by atoms with Crippen molar-refractivity contribution in [1.82, 2.24) is 15.2 Å². The Kier molecular flexibility index (Phi) is 6.86. The number of aromatic nitrogens is 1. The van der Waals surface area contributed by atoms with Crippen molar-refractivity contribution < 1.29 is 0 Å². The molecule has 0 saturated carbocycles. The lowest BCUT2D eigenvalue weighted by molar-refractivity contribution is 0.294. The van der Waals surface area contributed by atoms with Crippen LogP contribution in [-0.2, 0) is 0 Å². The molecule has 1 aromatic heterocycles. The van der Waals surface area contributed by atoms with Gasteiger partial charge in [-0.15, -0.1) is 0 Å². The zero-order valence-electron chi connectivity index (χ0n) is 16.7. The SMILES string of the molecule is CCN(CC)CCNCC1CCN(c2ccnc3cc(C)ccc23)CC1. The highest BCUT2D eigenvalue weighted by Crippen LogP contribution is 2.29. The smallest absolute Gasteiger partial charge is 0.0725 e. The minimum Gasteiger partial charge on any atom is -0.371 e. The van der Waals surface area contributed by atoms with Gasteiger partial charge in [0.2, 0.25) is 0 Å². The lowest BCUT2D eigenvalue weighted by Crippen LogP contribution is -2.39. The van der Waals surface area contributed by atoms with Crippen molar-refractivity contribution in [3.8, 4) is 0 Å². The molecule has 0 bridgehead atoms. The number of pyridine rings is 1. The highest BCUT2D eigenvalue weighted by Gasteiger charge is 2.20. The summed E-state index contributed by atoms with van der Waals surface area (Å²) in [5.74, 6) is 0.804. The number of likely N-dealkylation sites (N-methyl/N-ethyl adjacent to an activating group) is 1. The largest absolute Gasteiger partial charge is 0.371 e. The Balaban J connectivity index is 1.50. The van der Waals surface area contributed by atoms with Crippen LogP contribution in [0.1, 0.15) is 32.3 Å². The number of rotatable bonds is 8. The Labute approximate surface area is 158 Å². The molecule has 0 amide bonds. The summed E-state index contributed by atoms with van der Waals surface area (Å²) in [6.45, 7) is 14.6. The average molecular weight is 355 g/mol. The lowest BCUT2D eigenvalue weighted by atomic mass is 9.96. The number of fused-ring (bicyclic) bond motifs is 1. The molecule has 3 rings (SSSR count). The van der Waals surface area contributed by atoms with E-state index in [4.69, 9.17) is 0 Å². The maximum atomic E-state index is 4.55. The molecule has 1 fully saturated rings. The summed E-state index contributed by atoms with van der Waals surface area (Å²) in [6.07, 6.45) is 4.50. The van der Waals surface area contributed by atoms with Crippen LogP contribution in [0.25, 0.3) is 10.9 Å². The molecule has 0 aliphatic carbocycles. The van der Waals surface area contributed by atoms with Gasteiger partial charge in [-0.2, -0.15) is 0 Å². The minimum atomic E-state index is 0.804. The van der Waals surface area contributed by atoms with Crippen LogP contribution in [0.3, 0.4) is 0 Å². The summed E-state index contributed by atoms with van der Waals surface area (Å²) in [5, 5.41) is 4.96. The summed E-state index contributed by atoms with van der Waals surface area (Å²) in [4.78, 5) is 9.58. The summed E-state index contributed by atoms with van der Waals surface area (Å²) in [5.41, 5.74) is 3.74. The third kappa shape index (κ3) is 4.74. The first-order valence-corrected chi connectivity index (χ1v) is 10.2. The summed E-state index contributed by atoms with van der Waals surface area (Å²) >= 11 is 0. The van der Waals surface area contributed by atoms with Crippen LogP contribution < -0.4 is 10.2 Å². The van der Waals surface area contributed by atoms with Gasteiger partial charge in [-0.3, -0.25) is 4.98 Å². The normalized spacial score (nSPS) is 15.9. The van der Waals surface area contributed by atoms with Crippen LogP contribution in [0.15, 0.2) is 30.5 Å². The minimum absolute atomic E-state index is 0.804. The molecular formula is C22H34N4. The first kappa shape index (κ1) is 19.1. The van der Waals surface area contributed by atoms with Crippen molar-refractivity contribution in [2.24, 2.45) is 5.92 Å². The van der Waals surface area contributed by atoms with Crippen molar-refractivity contribution >= 4 is 16.6 Å². The lowest BCUT2D eigenvalue weighted by Gasteiger charge is -2.34. The molecule has 0 radical (unpaired) electrons. The predicted octanol–water partition coefficient (Wildman–Crippen LogP) is 3.69. The molecule has 1 aliphatic rings. The number of nitrogens with zero attached hydrogens (tertiary/aromatic N) is 3. The van der Waals surface area contributed by atoms with Crippen molar-refractivity contribution in [3.63, 3.8) is 0 Å². The molecule has 4 nitrogen and oxygen atoms in total. The van der Waals surface area contributed by atoms with E-state index in [9.17, 15) is 0 Å². The summed E-state index contributed by atoms with van der Waals surface area (Å²) < 4.78 is 0. The number of hydrogen-bond donors (Lipinski definition) is 1. The van der Waals surface area contributed by atoms with E-state index < -0.39 is 0 Å². The maximum Gasteiger partial charge on any atom is 0.0725 e. The molecule has 0 unspecified atom stereocenters. The van der Waals surface area contributed by atoms with Crippen LogP contribution >= 0.6 is 0 Å². The molecule has 0 atom stereocenters. The highest BCUT2D eigenvalue weighted by atomic mass is 15.1. The van der Waals surface area contributed by atoms with Gasteiger partial charge < -0.3 is 15.1 Å². The third-order valence-electron chi connectivity index (χ3n) is 5.76. The van der Waals surface area contributed by atoms with E-state index >= 15 is 0 Å². The van der Waals surface area contributed by atoms with E-state index in [1.807, 2.05) is 6.20 Å². The highest BCUT2D eigenvalue weighted by molar-refractivity contribution is 5.91. The van der Waals surface area contributed by atoms with Gasteiger partial charge in [-0.25, -0.2) is 0 Å². The molecule has 4 heteroatoms. The fourth-order valence-electron chi connectivity index (χ4n) is 3.98. The first-order valence-electron chi connectivity index (χ1n) is 10.2. The van der Waals surface area contributed by atoms with Gasteiger partial charge in [-0.05, 0) is 63.0 Å². The predicted molar refractivity (Wildman–Crippen MR) is 112 cm³/mol. The average Bonchev–Trinajstić information content (AvgIpc) is 2.68. The topological polar surface area (TPSA) is 31.4 Å². The Bertz CT molecular complexity index is 688. The van der Waals surface area contributed by atoms with Gasteiger partial charge in [0.25, 0.3) is 0 Å². The molecule has 1 saturated heterocycles. The van der Waals surface area contributed by atoms with E-state index in [-0.39, 0.29) is 0 Å². The number of aryl methyl sites for hydroxylation is 1. The standard InChI is InChI=1S/C22H34N4/c1-4-25(5-2)15-12-23-17-19-9-13-26(14-10-19)22-8-11-24-21-16-18(3)6-7-20(21)22/h6-8,11,16,19,23H,4-5,9-10,12-15,17H2,1-3H3. The second-order valence-corrected chi connectivity index (χ2v) is 7.51. The van der Waals surface area contributed by atoms with Gasteiger partial charge in [0.1, 0.15) is 0 Å². The van der Waals surface area contributed by atoms with Crippen molar-refractivity contribution in [1.29, 1.82) is 0 Å². The fourth-order valence-corrected chi connectivity index (χ4v) is 3.98. The number of hydrogen-bond acceptors (Lipinski definition) is 4. The van der Waals surface area contributed by atoms with Crippen molar-refractivity contribution in [2.45, 2.75) is 33.6 Å². The quantitative estimate of drug-likeness (QED) is 0.733. The van der Waals surface area contributed by atoms with Crippen LogP contribution in [0, 0.1) is 12.8 Å². The van der Waals surface area contributed by atoms with Crippen molar-refractivity contribution in [3.05, 3.63) is 36.0 Å². The molecule has 1 N–H and O–H groups in total. The molecule has 142 valence electrons.